The summed E-state index contributed by atoms with van der Waals surface area (Å²) in [6.45, 7) is 4.13. The third kappa shape index (κ3) is 5.70. The number of amides is 1. The van der Waals surface area contributed by atoms with Crippen molar-refractivity contribution in [2.75, 3.05) is 20.0 Å². The van der Waals surface area contributed by atoms with Gasteiger partial charge in [-0.25, -0.2) is 0 Å². The van der Waals surface area contributed by atoms with E-state index in [0.717, 1.165) is 17.7 Å². The summed E-state index contributed by atoms with van der Waals surface area (Å²) in [5.74, 6) is 2.68. The molecule has 26 heavy (non-hydrogen) atoms. The van der Waals surface area contributed by atoms with Crippen molar-refractivity contribution in [2.24, 2.45) is 0 Å². The average Bonchev–Trinajstić information content (AvgIpc) is 2.67. The summed E-state index contributed by atoms with van der Waals surface area (Å²) in [6.07, 6.45) is 0.809. The van der Waals surface area contributed by atoms with Crippen LogP contribution in [-0.2, 0) is 10.5 Å². The first-order valence-corrected chi connectivity index (χ1v) is 9.87. The Balaban J connectivity index is 1.90. The highest BCUT2D eigenvalue weighted by Crippen LogP contribution is 2.30. The number of aryl methyl sites for hydroxylation is 1. The van der Waals surface area contributed by atoms with Gasteiger partial charge in [-0.05, 0) is 36.6 Å². The minimum atomic E-state index is -0.0396. The molecule has 0 heterocycles. The van der Waals surface area contributed by atoms with E-state index in [0.29, 0.717) is 17.3 Å². The summed E-state index contributed by atoms with van der Waals surface area (Å²) in [5, 5.41) is 3.11. The average molecular weight is 374 g/mol. The molecular formula is C21H27NO3S. The first kappa shape index (κ1) is 20.2. The summed E-state index contributed by atoms with van der Waals surface area (Å²) < 4.78 is 10.6. The van der Waals surface area contributed by atoms with Crippen LogP contribution in [0.2, 0.25) is 0 Å². The number of hydrogen-bond acceptors (Lipinski definition) is 4. The van der Waals surface area contributed by atoms with Crippen LogP contribution in [0, 0.1) is 6.92 Å². The van der Waals surface area contributed by atoms with Gasteiger partial charge in [0.15, 0.2) is 11.5 Å². The van der Waals surface area contributed by atoms with E-state index in [2.05, 4.69) is 43.4 Å². The second kappa shape index (κ2) is 10.1. The molecular weight excluding hydrogens is 346 g/mol. The maximum Gasteiger partial charge on any atom is 0.230 e. The van der Waals surface area contributed by atoms with Crippen LogP contribution in [0.4, 0.5) is 0 Å². The number of methoxy groups -OCH3 is 2. The van der Waals surface area contributed by atoms with Gasteiger partial charge in [-0.3, -0.25) is 4.79 Å². The molecule has 140 valence electrons. The largest absolute Gasteiger partial charge is 0.493 e. The van der Waals surface area contributed by atoms with Gasteiger partial charge in [0.1, 0.15) is 0 Å². The molecule has 0 radical (unpaired) electrons. The molecule has 0 aliphatic carbocycles. The smallest absolute Gasteiger partial charge is 0.230 e. The van der Waals surface area contributed by atoms with Crippen LogP contribution < -0.4 is 14.8 Å². The van der Waals surface area contributed by atoms with Gasteiger partial charge < -0.3 is 14.8 Å². The number of hydrogen-bond donors (Lipinski definition) is 1. The summed E-state index contributed by atoms with van der Waals surface area (Å²) >= 11 is 1.62. The molecule has 0 aliphatic rings. The third-order valence-corrected chi connectivity index (χ3v) is 5.18. The summed E-state index contributed by atoms with van der Waals surface area (Å²) in [4.78, 5) is 12.3. The quantitative estimate of drug-likeness (QED) is 0.702. The maximum atomic E-state index is 12.3. The van der Waals surface area contributed by atoms with E-state index in [1.165, 1.54) is 11.1 Å². The Bertz CT molecular complexity index is 716. The molecule has 0 saturated heterocycles. The van der Waals surface area contributed by atoms with Crippen molar-refractivity contribution in [3.63, 3.8) is 0 Å². The van der Waals surface area contributed by atoms with E-state index in [1.54, 1.807) is 26.0 Å². The van der Waals surface area contributed by atoms with Gasteiger partial charge in [0, 0.05) is 5.75 Å². The number of rotatable bonds is 9. The van der Waals surface area contributed by atoms with Crippen LogP contribution in [0.5, 0.6) is 11.5 Å². The van der Waals surface area contributed by atoms with Gasteiger partial charge in [0.25, 0.3) is 0 Å². The molecule has 1 unspecified atom stereocenters. The molecule has 1 amide bonds. The molecule has 2 aromatic rings. The SMILES string of the molecule is CCC(NC(=O)CSCc1ccc(C)cc1)c1ccc(OC)c(OC)c1. The second-order valence-electron chi connectivity index (χ2n) is 6.12. The zero-order chi connectivity index (χ0) is 18.9. The predicted molar refractivity (Wildman–Crippen MR) is 108 cm³/mol. The highest BCUT2D eigenvalue weighted by atomic mass is 32.2. The van der Waals surface area contributed by atoms with E-state index >= 15 is 0 Å². The van der Waals surface area contributed by atoms with Gasteiger partial charge in [0.05, 0.1) is 26.0 Å². The van der Waals surface area contributed by atoms with Crippen molar-refractivity contribution in [3.8, 4) is 11.5 Å². The Morgan fingerprint density at radius 2 is 1.77 bits per heavy atom. The molecule has 0 fully saturated rings. The molecule has 0 aromatic heterocycles. The van der Waals surface area contributed by atoms with Crippen molar-refractivity contribution in [1.29, 1.82) is 0 Å². The van der Waals surface area contributed by atoms with Crippen molar-refractivity contribution in [3.05, 3.63) is 59.2 Å². The number of benzene rings is 2. The molecule has 5 heteroatoms. The van der Waals surface area contributed by atoms with Gasteiger partial charge >= 0.3 is 0 Å². The molecule has 4 nitrogen and oxygen atoms in total. The molecule has 0 saturated carbocycles. The minimum absolute atomic E-state index is 0.0396. The van der Waals surface area contributed by atoms with Crippen molar-refractivity contribution in [2.45, 2.75) is 32.1 Å². The van der Waals surface area contributed by atoms with Crippen molar-refractivity contribution in [1.82, 2.24) is 5.32 Å². The van der Waals surface area contributed by atoms with Gasteiger partial charge in [-0.15, -0.1) is 11.8 Å². The van der Waals surface area contributed by atoms with E-state index in [9.17, 15) is 4.79 Å². The molecule has 0 bridgehead atoms. The standard InChI is InChI=1S/C21H27NO3S/c1-5-18(17-10-11-19(24-3)20(12-17)25-4)22-21(23)14-26-13-16-8-6-15(2)7-9-16/h6-12,18H,5,13-14H2,1-4H3,(H,22,23). The van der Waals surface area contributed by atoms with Gasteiger partial charge in [-0.2, -0.15) is 0 Å². The van der Waals surface area contributed by atoms with E-state index in [-0.39, 0.29) is 11.9 Å². The number of carbonyl (C=O) groups is 1. The topological polar surface area (TPSA) is 47.6 Å². The lowest BCUT2D eigenvalue weighted by atomic mass is 10.0. The lowest BCUT2D eigenvalue weighted by Gasteiger charge is -2.19. The highest BCUT2D eigenvalue weighted by Gasteiger charge is 2.15. The number of thioether (sulfide) groups is 1. The van der Waals surface area contributed by atoms with Crippen molar-refractivity contribution >= 4 is 17.7 Å². The lowest BCUT2D eigenvalue weighted by Crippen LogP contribution is -2.29. The lowest BCUT2D eigenvalue weighted by molar-refractivity contribution is -0.119. The molecule has 0 aliphatic heterocycles. The summed E-state index contributed by atoms with van der Waals surface area (Å²) in [7, 11) is 3.23. The Morgan fingerprint density at radius 3 is 2.38 bits per heavy atom. The summed E-state index contributed by atoms with van der Waals surface area (Å²) in [6, 6.07) is 14.1. The molecule has 2 rings (SSSR count). The summed E-state index contributed by atoms with van der Waals surface area (Å²) in [5.41, 5.74) is 3.50. The normalized spacial score (nSPS) is 11.7. The first-order chi connectivity index (χ1) is 12.6. The fourth-order valence-electron chi connectivity index (χ4n) is 2.67. The van der Waals surface area contributed by atoms with Gasteiger partial charge in [0.2, 0.25) is 5.91 Å². The molecule has 0 spiro atoms. The highest BCUT2D eigenvalue weighted by molar-refractivity contribution is 7.99. The van der Waals surface area contributed by atoms with Crippen LogP contribution >= 0.6 is 11.8 Å². The van der Waals surface area contributed by atoms with Crippen LogP contribution in [0.1, 0.15) is 36.1 Å². The predicted octanol–water partition coefficient (Wildman–Crippen LogP) is 4.51. The monoisotopic (exact) mass is 373 g/mol. The maximum absolute atomic E-state index is 12.3. The molecule has 1 atom stereocenters. The Labute approximate surface area is 160 Å². The molecule has 1 N–H and O–H groups in total. The molecule has 2 aromatic carbocycles. The minimum Gasteiger partial charge on any atom is -0.493 e. The fourth-order valence-corrected chi connectivity index (χ4v) is 3.47. The fraction of sp³-hybridized carbons (Fsp3) is 0.381. The van der Waals surface area contributed by atoms with Crippen molar-refractivity contribution < 1.29 is 14.3 Å². The van der Waals surface area contributed by atoms with Crippen LogP contribution in [0.15, 0.2) is 42.5 Å². The van der Waals surface area contributed by atoms with Gasteiger partial charge in [-0.1, -0.05) is 42.8 Å². The number of ether oxygens (including phenoxy) is 2. The van der Waals surface area contributed by atoms with Crippen LogP contribution in [0.3, 0.4) is 0 Å². The van der Waals surface area contributed by atoms with E-state index in [1.807, 2.05) is 18.2 Å². The number of nitrogens with one attached hydrogen (secondary N) is 1. The Morgan fingerprint density at radius 1 is 1.08 bits per heavy atom. The van der Waals surface area contributed by atoms with E-state index < -0.39 is 0 Å². The Hall–Kier alpha value is -2.14. The first-order valence-electron chi connectivity index (χ1n) is 8.72. The Kier molecular flexibility index (Phi) is 7.85. The second-order valence-corrected chi connectivity index (χ2v) is 7.11. The zero-order valence-corrected chi connectivity index (χ0v) is 16.7. The van der Waals surface area contributed by atoms with Crippen LogP contribution in [-0.4, -0.2) is 25.9 Å². The number of carbonyl (C=O) groups excluding carboxylic acids is 1. The van der Waals surface area contributed by atoms with Crippen LogP contribution in [0.25, 0.3) is 0 Å². The zero-order valence-electron chi connectivity index (χ0n) is 15.9. The van der Waals surface area contributed by atoms with E-state index in [4.69, 9.17) is 9.47 Å². The third-order valence-electron chi connectivity index (χ3n) is 4.18.